The molecule has 90 heteroatoms. The van der Waals surface area contributed by atoms with E-state index in [4.69, 9.17) is 42.6 Å². The molecule has 25 unspecified atom stereocenters. The third kappa shape index (κ3) is 38.4. The van der Waals surface area contributed by atoms with Gasteiger partial charge in [0.25, 0.3) is 0 Å². The predicted octanol–water partition coefficient (Wildman–Crippen LogP) is -14.7. The first-order valence-corrected chi connectivity index (χ1v) is 50.0. The van der Waals surface area contributed by atoms with Crippen LogP contribution in [0.2, 0.25) is 0 Å². The maximum atomic E-state index is 13.1. The van der Waals surface area contributed by atoms with E-state index in [1.807, 2.05) is 0 Å². The molecule has 5 fully saturated rings. The molecule has 0 aromatic heterocycles. The summed E-state index contributed by atoms with van der Waals surface area (Å²) in [7, 11) is -105. The van der Waals surface area contributed by atoms with E-state index < -0.39 is 353 Å². The summed E-state index contributed by atoms with van der Waals surface area (Å²) in [5, 5.41) is 10.7. The Morgan fingerprint density at radius 1 is 0.167 bits per heavy atom. The molecule has 120 heavy (non-hydrogen) atoms. The number of rotatable bonds is 45. The van der Waals surface area contributed by atoms with E-state index in [2.05, 4.69) is 66.9 Å². The van der Waals surface area contributed by atoms with Crippen LogP contribution in [-0.2, 0) is 276 Å². The van der Waals surface area contributed by atoms with Crippen LogP contribution in [0.15, 0.2) is 0 Å². The van der Waals surface area contributed by atoms with Crippen molar-refractivity contribution < 1.29 is 322 Å². The number of hydrogen-bond acceptors (Lipinski definition) is 58. The minimum atomic E-state index is -6.99. The molecule has 0 radical (unpaired) electrons. The molecule has 5 aliphatic rings. The zero-order valence-corrected chi connectivity index (χ0v) is 68.4. The Morgan fingerprint density at radius 3 is 0.475 bits per heavy atom. The molecule has 5 aliphatic heterocycles. The Labute approximate surface area is 670 Å². The molecule has 74 nitrogen and oxygen atoms in total. The van der Waals surface area contributed by atoms with Crippen LogP contribution in [0.25, 0.3) is 0 Å². The average Bonchev–Trinajstić information content (AvgIpc) is 0.749. The van der Waals surface area contributed by atoms with Gasteiger partial charge in [-0.3, -0.25) is 72.8 Å². The molecular formula is C30H52O74S16. The fourth-order valence-corrected chi connectivity index (χ4v) is 17.2. The highest BCUT2D eigenvalue weighted by Gasteiger charge is 2.64. The smallest absolute Gasteiger partial charge is 0.366 e. The molecule has 0 aromatic carbocycles. The second-order valence-corrected chi connectivity index (χ2v) is 39.1. The van der Waals surface area contributed by atoms with Crippen molar-refractivity contribution in [2.24, 2.45) is 0 Å². The van der Waals surface area contributed by atoms with Gasteiger partial charge in [0.2, 0.25) is 0 Å². The molecule has 0 bridgehead atoms. The van der Waals surface area contributed by atoms with E-state index in [1.165, 1.54) is 0 Å². The summed E-state index contributed by atoms with van der Waals surface area (Å²) in [5.74, 6) is 0. The molecule has 5 rings (SSSR count). The van der Waals surface area contributed by atoms with Gasteiger partial charge in [-0.2, -0.15) is 135 Å². The second kappa shape index (κ2) is 39.5. The highest BCUT2D eigenvalue weighted by molar-refractivity contribution is 7.84. The largest absolute Gasteiger partial charge is 0.397 e. The van der Waals surface area contributed by atoms with Crippen LogP contribution in [0, 0.1) is 0 Å². The predicted molar refractivity (Wildman–Crippen MR) is 333 cm³/mol. The molecule has 5 saturated heterocycles. The van der Waals surface area contributed by atoms with Crippen LogP contribution in [0.5, 0.6) is 0 Å². The van der Waals surface area contributed by atoms with Gasteiger partial charge in [0.05, 0.1) is 33.0 Å². The lowest BCUT2D eigenvalue weighted by atomic mass is 9.95. The molecule has 25 atom stereocenters. The van der Waals surface area contributed by atoms with E-state index in [-0.39, 0.29) is 0 Å². The Morgan fingerprint density at radius 2 is 0.300 bits per heavy atom. The van der Waals surface area contributed by atoms with E-state index in [0.29, 0.717) is 0 Å². The second-order valence-electron chi connectivity index (χ2n) is 22.1. The zero-order valence-electron chi connectivity index (χ0n) is 55.4. The maximum absolute atomic E-state index is 13.1. The van der Waals surface area contributed by atoms with Gasteiger partial charge in [-0.25, -0.2) is 66.9 Å². The molecular weight excluding hydrogens is 2060 g/mol. The third-order valence-electron chi connectivity index (χ3n) is 13.6. The molecule has 5 heterocycles. The van der Waals surface area contributed by atoms with Gasteiger partial charge in [0, 0.05) is 0 Å². The van der Waals surface area contributed by atoms with E-state index in [9.17, 15) is 213 Å². The first-order valence-electron chi connectivity index (χ1n) is 28.2. The highest BCUT2D eigenvalue weighted by atomic mass is 32.3. The van der Waals surface area contributed by atoms with Gasteiger partial charge in [-0.15, -0.1) is 0 Å². The van der Waals surface area contributed by atoms with Gasteiger partial charge in [0.15, 0.2) is 62.0 Å². The minimum absolute atomic E-state index is 2.13. The van der Waals surface area contributed by atoms with E-state index in [0.717, 1.165) is 0 Å². The third-order valence-corrected chi connectivity index (χ3v) is 20.9. The average molecular weight is 2110 g/mol. The van der Waals surface area contributed by atoms with Gasteiger partial charge in [-0.1, -0.05) is 0 Å². The standard InChI is InChI=1S/C30H52O74S16/c31-26-21(100-116(65,66)67)16(95-111(50,51)52)11(6(85-26)1-80-105(32,33)34)90-27-22(101-117(68,69)70)17(96-112(53,54)55)12(7(86-27)2-81-106(35,36)37)91-28-23(102-118(71,72)73)18(97-113(56,57)58)13(8(87-28)3-82-107(38,39)40)92-29-24(103-119(74,75)76)19(98-114(59,60)61)14(9(88-29)4-83-108(41,42)43)93-30-25(104-120(77,78)79)20(99-115(62,63)64)15(94-110(47,48)49)10(89-30)5-84-109(44,45)46/h6-31H,1-5H2,(H,32,33,34)(H,35,36,37)(H,38,39,40)(H,41,42,43)(H,44,45,46)(H,47,48,49)(H,50,51,52)(H,53,54,55)(H,56,57,58)(H,59,60,61)(H,62,63,64)(H,65,66,67)(H,68,69,70)(H,71,72,73)(H,74,75,76)(H,77,78,79). The zero-order chi connectivity index (χ0) is 92.6. The van der Waals surface area contributed by atoms with Crippen molar-refractivity contribution in [1.82, 2.24) is 0 Å². The molecule has 0 aromatic rings. The Hall–Kier alpha value is -2.48. The summed E-state index contributed by atoms with van der Waals surface area (Å²) in [6.07, 6.45) is -94.0. The van der Waals surface area contributed by atoms with Crippen molar-refractivity contribution >= 4 is 166 Å². The molecule has 17 N–H and O–H groups in total. The monoisotopic (exact) mass is 2110 g/mol. The normalized spacial score (nSPS) is 33.4. The number of ether oxygens (including phenoxy) is 9. The van der Waals surface area contributed by atoms with Crippen molar-refractivity contribution in [3.63, 3.8) is 0 Å². The van der Waals surface area contributed by atoms with Crippen molar-refractivity contribution in [2.75, 3.05) is 33.0 Å². The first kappa shape index (κ1) is 108. The van der Waals surface area contributed by atoms with Crippen LogP contribution >= 0.6 is 0 Å². The van der Waals surface area contributed by atoms with Crippen molar-refractivity contribution in [3.8, 4) is 0 Å². The summed E-state index contributed by atoms with van der Waals surface area (Å²) in [6.45, 7) is -12.0. The number of aliphatic hydroxyl groups excluding tert-OH is 1. The lowest BCUT2D eigenvalue weighted by Crippen LogP contribution is -2.70. The topological polar surface area (TPSA) is 1120 Å². The number of hydrogen-bond donors (Lipinski definition) is 17. The van der Waals surface area contributed by atoms with Crippen LogP contribution < -0.4 is 0 Å². The summed E-state index contributed by atoms with van der Waals surface area (Å²) in [6, 6.07) is 0. The molecule has 0 saturated carbocycles. The van der Waals surface area contributed by atoms with Crippen molar-refractivity contribution in [1.29, 1.82) is 0 Å². The minimum Gasteiger partial charge on any atom is -0.366 e. The van der Waals surface area contributed by atoms with Gasteiger partial charge in [-0.05, 0) is 0 Å². The van der Waals surface area contributed by atoms with Crippen LogP contribution in [0.1, 0.15) is 0 Å². The van der Waals surface area contributed by atoms with Crippen molar-refractivity contribution in [3.05, 3.63) is 0 Å². The SMILES string of the molecule is O=S(=O)(O)OCC1OC(O)C(OS(=O)(=O)O)C(OS(=O)(=O)O)C1OC1OC(COS(=O)(=O)O)C(OC2OC(COS(=O)(=O)O)C(OC3OC(COS(=O)(=O)O)C(OC4OC(COS(=O)(=O)O)C(OS(=O)(=O)O)C(OS(=O)(=O)O)C4OS(=O)(=O)O)C(OS(=O)(=O)O)C3OS(=O)(=O)O)C(OS(=O)(=O)O)C2OS(=O)(=O)O)C(OS(=O)(=O)O)C1OS(=O)(=O)O. The summed E-state index contributed by atoms with van der Waals surface area (Å²) < 4.78 is 669. The van der Waals surface area contributed by atoms with Crippen molar-refractivity contribution in [2.45, 2.75) is 154 Å². The Bertz CT molecular complexity index is 5560. The van der Waals surface area contributed by atoms with Crippen LogP contribution in [0.3, 0.4) is 0 Å². The lowest BCUT2D eigenvalue weighted by Gasteiger charge is -2.51. The van der Waals surface area contributed by atoms with Crippen LogP contribution in [-0.4, -0.2) is 399 Å². The summed E-state index contributed by atoms with van der Waals surface area (Å²) in [4.78, 5) is 0. The van der Waals surface area contributed by atoms with Gasteiger partial charge in [0.1, 0.15) is 91.6 Å². The highest BCUT2D eigenvalue weighted by Crippen LogP contribution is 2.43. The first-order chi connectivity index (χ1) is 53.3. The summed E-state index contributed by atoms with van der Waals surface area (Å²) >= 11 is 0. The number of aliphatic hydroxyl groups is 1. The Balaban J connectivity index is 1.92. The fourth-order valence-electron chi connectivity index (χ4n) is 10.3. The maximum Gasteiger partial charge on any atom is 0.397 e. The van der Waals surface area contributed by atoms with Gasteiger partial charge < -0.3 is 47.7 Å². The molecule has 0 amide bonds. The fraction of sp³-hybridized carbons (Fsp3) is 1.00. The lowest BCUT2D eigenvalue weighted by molar-refractivity contribution is -0.383. The van der Waals surface area contributed by atoms with E-state index >= 15 is 0 Å². The molecule has 712 valence electrons. The Kier molecular flexibility index (Phi) is 35.5. The van der Waals surface area contributed by atoms with E-state index in [1.54, 1.807) is 0 Å². The van der Waals surface area contributed by atoms with Gasteiger partial charge >= 0.3 is 166 Å². The molecule has 0 spiro atoms. The van der Waals surface area contributed by atoms with Crippen LogP contribution in [0.4, 0.5) is 0 Å². The summed E-state index contributed by atoms with van der Waals surface area (Å²) in [5.41, 5.74) is 0. The molecule has 0 aliphatic carbocycles. The quantitative estimate of drug-likeness (QED) is 0.0252.